The number of nitrogens with zero attached hydrogens (tertiary/aromatic N) is 4. The highest BCUT2D eigenvalue weighted by Crippen LogP contribution is 2.06. The zero-order valence-electron chi connectivity index (χ0n) is 7.51. The summed E-state index contributed by atoms with van der Waals surface area (Å²) < 4.78 is 0. The van der Waals surface area contributed by atoms with E-state index >= 15 is 0 Å². The molecule has 76 valence electrons. The van der Waals surface area contributed by atoms with Crippen molar-refractivity contribution in [3.8, 4) is 0 Å². The Balaban J connectivity index is 2.89. The molecule has 14 heavy (non-hydrogen) atoms. The maximum absolute atomic E-state index is 5.40. The molecule has 1 heterocycles. The van der Waals surface area contributed by atoms with Crippen LogP contribution >= 0.6 is 0 Å². The summed E-state index contributed by atoms with van der Waals surface area (Å²) in [5, 5.41) is 3.59. The number of nitrogens with one attached hydrogen (secondary N) is 1. The van der Waals surface area contributed by atoms with Gasteiger partial charge in [0.15, 0.2) is 0 Å². The van der Waals surface area contributed by atoms with E-state index in [-0.39, 0.29) is 11.9 Å². The Morgan fingerprint density at radius 3 is 2.64 bits per heavy atom. The highest BCUT2D eigenvalue weighted by atomic mass is 15.6. The van der Waals surface area contributed by atoms with Crippen LogP contribution in [0.3, 0.4) is 0 Å². The molecule has 1 aromatic heterocycles. The third-order valence-electron chi connectivity index (χ3n) is 1.28. The zero-order chi connectivity index (χ0) is 10.6. The van der Waals surface area contributed by atoms with E-state index in [1.54, 1.807) is 6.08 Å². The second-order valence-electron chi connectivity index (χ2n) is 2.39. The third-order valence-corrected chi connectivity index (χ3v) is 1.28. The van der Waals surface area contributed by atoms with Gasteiger partial charge in [-0.15, -0.1) is 6.58 Å². The predicted octanol–water partition coefficient (Wildman–Crippen LogP) is -1.39. The summed E-state index contributed by atoms with van der Waals surface area (Å²) in [6.07, 6.45) is 1.66. The van der Waals surface area contributed by atoms with Crippen molar-refractivity contribution in [1.29, 1.82) is 0 Å². The van der Waals surface area contributed by atoms with Gasteiger partial charge in [0, 0.05) is 6.54 Å². The zero-order valence-corrected chi connectivity index (χ0v) is 7.51. The maximum Gasteiger partial charge on any atom is 0.261 e. The molecule has 0 amide bonds. The average molecular weight is 196 g/mol. The molecule has 8 nitrogen and oxygen atoms in total. The molecule has 0 aliphatic rings. The fourth-order valence-corrected chi connectivity index (χ4v) is 0.739. The lowest BCUT2D eigenvalue weighted by molar-refractivity contribution is 0.851. The summed E-state index contributed by atoms with van der Waals surface area (Å²) in [6.45, 7) is 4.04. The van der Waals surface area contributed by atoms with Gasteiger partial charge >= 0.3 is 0 Å². The summed E-state index contributed by atoms with van der Waals surface area (Å²) in [5.41, 5.74) is 5.40. The predicted molar refractivity (Wildman–Crippen MR) is 53.8 cm³/mol. The van der Waals surface area contributed by atoms with E-state index in [1.807, 2.05) is 0 Å². The van der Waals surface area contributed by atoms with Crippen LogP contribution in [0.1, 0.15) is 0 Å². The van der Waals surface area contributed by atoms with Gasteiger partial charge in [0.2, 0.25) is 11.9 Å². The molecule has 0 saturated carbocycles. The first-order chi connectivity index (χ1) is 6.63. The van der Waals surface area contributed by atoms with Crippen molar-refractivity contribution in [3.63, 3.8) is 0 Å². The molecule has 1 aromatic rings. The third kappa shape index (κ3) is 2.54. The van der Waals surface area contributed by atoms with Crippen molar-refractivity contribution < 1.29 is 0 Å². The minimum absolute atomic E-state index is 0.0439. The molecule has 0 aliphatic heterocycles. The van der Waals surface area contributed by atoms with Crippen molar-refractivity contribution in [3.05, 3.63) is 12.7 Å². The fraction of sp³-hybridized carbons (Fsp3) is 0.167. The molecule has 7 N–H and O–H groups in total. The smallest absolute Gasteiger partial charge is 0.261 e. The SMILES string of the molecule is C=CCNc1nc(N)nc(N(N)N)n1. The standard InChI is InChI=1S/C6H12N8/c1-2-3-10-5-11-4(7)12-6(13-5)14(8)9/h2H,1,3,8-9H2,(H3,7,10,11,12,13). The van der Waals surface area contributed by atoms with Crippen LogP contribution in [0.4, 0.5) is 17.8 Å². The van der Waals surface area contributed by atoms with Gasteiger partial charge in [-0.3, -0.25) is 0 Å². The molecule has 0 unspecified atom stereocenters. The van der Waals surface area contributed by atoms with Gasteiger partial charge in [-0.2, -0.15) is 15.0 Å². The monoisotopic (exact) mass is 196 g/mol. The molecule has 0 aromatic carbocycles. The molecule has 0 aliphatic carbocycles. The Bertz CT molecular complexity index is 322. The van der Waals surface area contributed by atoms with E-state index in [0.29, 0.717) is 12.5 Å². The molecule has 0 atom stereocenters. The van der Waals surface area contributed by atoms with E-state index in [9.17, 15) is 0 Å². The normalized spacial score (nSPS) is 9.57. The first-order valence-electron chi connectivity index (χ1n) is 3.79. The second kappa shape index (κ2) is 4.35. The van der Waals surface area contributed by atoms with E-state index in [4.69, 9.17) is 17.4 Å². The van der Waals surface area contributed by atoms with Gasteiger partial charge in [-0.1, -0.05) is 6.08 Å². The van der Waals surface area contributed by atoms with Crippen LogP contribution in [0.2, 0.25) is 0 Å². The van der Waals surface area contributed by atoms with Crippen LogP contribution in [-0.2, 0) is 0 Å². The van der Waals surface area contributed by atoms with Crippen LogP contribution in [0.25, 0.3) is 0 Å². The topological polar surface area (TPSA) is 132 Å². The largest absolute Gasteiger partial charge is 0.368 e. The summed E-state index contributed by atoms with van der Waals surface area (Å²) in [5.74, 6) is 10.9. The van der Waals surface area contributed by atoms with Gasteiger partial charge in [0.1, 0.15) is 0 Å². The van der Waals surface area contributed by atoms with Gasteiger partial charge < -0.3 is 11.1 Å². The number of nitrogens with two attached hydrogens (primary N) is 3. The maximum atomic E-state index is 5.40. The number of anilines is 3. The van der Waals surface area contributed by atoms with Crippen LogP contribution in [0, 0.1) is 0 Å². The van der Waals surface area contributed by atoms with Crippen molar-refractivity contribution in [2.75, 3.05) is 22.7 Å². The molecule has 0 radical (unpaired) electrons. The van der Waals surface area contributed by atoms with Crippen molar-refractivity contribution in [2.24, 2.45) is 11.7 Å². The minimum atomic E-state index is 0.0439. The quantitative estimate of drug-likeness (QED) is 0.263. The van der Waals surface area contributed by atoms with Gasteiger partial charge in [0.05, 0.1) is 0 Å². The van der Waals surface area contributed by atoms with Crippen LogP contribution in [0.15, 0.2) is 12.7 Å². The Morgan fingerprint density at radius 1 is 1.36 bits per heavy atom. The van der Waals surface area contributed by atoms with Crippen molar-refractivity contribution >= 4 is 17.8 Å². The number of nitrogen functional groups attached to an aromatic ring is 1. The van der Waals surface area contributed by atoms with Crippen LogP contribution in [0.5, 0.6) is 0 Å². The molecular formula is C6H12N8. The fourth-order valence-electron chi connectivity index (χ4n) is 0.739. The average Bonchev–Trinajstić information content (AvgIpc) is 2.14. The Hall–Kier alpha value is -1.93. The molecule has 0 spiro atoms. The van der Waals surface area contributed by atoms with E-state index in [1.165, 1.54) is 0 Å². The first kappa shape index (κ1) is 10.2. The lowest BCUT2D eigenvalue weighted by atomic mass is 10.6. The molecular weight excluding hydrogens is 184 g/mol. The first-order valence-corrected chi connectivity index (χ1v) is 3.79. The summed E-state index contributed by atoms with van der Waals surface area (Å²) in [6, 6.07) is 0. The second-order valence-corrected chi connectivity index (χ2v) is 2.39. The molecule has 0 bridgehead atoms. The van der Waals surface area contributed by atoms with E-state index < -0.39 is 0 Å². The summed E-state index contributed by atoms with van der Waals surface area (Å²) in [7, 11) is 0. The van der Waals surface area contributed by atoms with Crippen molar-refractivity contribution in [2.45, 2.75) is 0 Å². The van der Waals surface area contributed by atoms with Crippen LogP contribution < -0.4 is 27.9 Å². The number of hydrazine groups is 2. The molecule has 1 rings (SSSR count). The number of aromatic nitrogens is 3. The minimum Gasteiger partial charge on any atom is -0.368 e. The summed E-state index contributed by atoms with van der Waals surface area (Å²) in [4.78, 5) is 11.4. The molecule has 0 fully saturated rings. The van der Waals surface area contributed by atoms with E-state index in [0.717, 1.165) is 5.12 Å². The van der Waals surface area contributed by atoms with Gasteiger partial charge in [0.25, 0.3) is 5.95 Å². The Labute approximate surface area is 80.8 Å². The highest BCUT2D eigenvalue weighted by Gasteiger charge is 2.05. The summed E-state index contributed by atoms with van der Waals surface area (Å²) >= 11 is 0. The number of hydrogen-bond donors (Lipinski definition) is 4. The molecule has 8 heteroatoms. The number of rotatable bonds is 4. The van der Waals surface area contributed by atoms with Gasteiger partial charge in [-0.05, 0) is 0 Å². The van der Waals surface area contributed by atoms with Gasteiger partial charge in [-0.25, -0.2) is 16.8 Å². The molecule has 0 saturated heterocycles. The van der Waals surface area contributed by atoms with E-state index in [2.05, 4.69) is 26.8 Å². The highest BCUT2D eigenvalue weighted by molar-refractivity contribution is 5.40. The van der Waals surface area contributed by atoms with Crippen LogP contribution in [-0.4, -0.2) is 21.5 Å². The van der Waals surface area contributed by atoms with Crippen molar-refractivity contribution in [1.82, 2.24) is 15.0 Å². The Kier molecular flexibility index (Phi) is 3.15. The number of hydrogen-bond acceptors (Lipinski definition) is 8. The Morgan fingerprint density at radius 2 is 2.07 bits per heavy atom. The lowest BCUT2D eigenvalue weighted by Gasteiger charge is -2.10. The lowest BCUT2D eigenvalue weighted by Crippen LogP contribution is -2.39.